The number of aliphatic hydroxyl groups is 1. The number of amides is 1. The zero-order valence-electron chi connectivity index (χ0n) is 13.1. The highest BCUT2D eigenvalue weighted by Crippen LogP contribution is 2.19. The molecule has 7 heteroatoms. The van der Waals surface area contributed by atoms with Crippen LogP contribution in [0.15, 0.2) is 23.0 Å². The van der Waals surface area contributed by atoms with Crippen molar-refractivity contribution in [3.63, 3.8) is 0 Å². The van der Waals surface area contributed by atoms with Gasteiger partial charge in [-0.2, -0.15) is 0 Å². The van der Waals surface area contributed by atoms with Gasteiger partial charge in [0.15, 0.2) is 0 Å². The minimum absolute atomic E-state index is 0.0826. The predicted molar refractivity (Wildman–Crippen MR) is 88.4 cm³/mol. The summed E-state index contributed by atoms with van der Waals surface area (Å²) >= 11 is 0. The summed E-state index contributed by atoms with van der Waals surface area (Å²) in [4.78, 5) is 31.2. The van der Waals surface area contributed by atoms with Crippen LogP contribution >= 0.6 is 0 Å². The molecule has 2 unspecified atom stereocenters. The lowest BCUT2D eigenvalue weighted by Crippen LogP contribution is -2.47. The van der Waals surface area contributed by atoms with Gasteiger partial charge in [-0.3, -0.25) is 9.69 Å². The molecule has 124 valence electrons. The molecule has 23 heavy (non-hydrogen) atoms. The second-order valence-electron chi connectivity index (χ2n) is 6.19. The normalized spacial score (nSPS) is 20.5. The number of piperidine rings is 1. The molecular formula is C16H22N4O3. The first-order valence-corrected chi connectivity index (χ1v) is 7.94. The number of carbonyl (C=O) groups excluding carboxylic acids is 1. The lowest BCUT2D eigenvalue weighted by molar-refractivity contribution is -0.121. The average molecular weight is 318 g/mol. The summed E-state index contributed by atoms with van der Waals surface area (Å²) in [6.07, 6.45) is 2.01. The molecule has 4 N–H and O–H groups in total. The summed E-state index contributed by atoms with van der Waals surface area (Å²) in [5.41, 5.74) is 1.77. The number of imidazole rings is 1. The maximum Gasteiger partial charge on any atom is 0.323 e. The SMILES string of the molecule is CC(C(=O)Nc1ccc2[nH]c(=O)[nH]c2c1)N1CCCC(CO)C1. The molecule has 2 atom stereocenters. The lowest BCUT2D eigenvalue weighted by Gasteiger charge is -2.35. The molecule has 1 fully saturated rings. The average Bonchev–Trinajstić information content (AvgIpc) is 2.93. The van der Waals surface area contributed by atoms with Crippen LogP contribution in [0.3, 0.4) is 0 Å². The van der Waals surface area contributed by atoms with Gasteiger partial charge in [0.2, 0.25) is 5.91 Å². The van der Waals surface area contributed by atoms with E-state index in [0.717, 1.165) is 25.9 Å². The standard InChI is InChI=1S/C16H22N4O3/c1-10(20-6-2-3-11(8-20)9-21)15(22)17-12-4-5-13-14(7-12)19-16(23)18-13/h4-5,7,10-11,21H,2-3,6,8-9H2,1H3,(H,17,22)(H2,18,19,23). The highest BCUT2D eigenvalue weighted by Gasteiger charge is 2.27. The first-order valence-electron chi connectivity index (χ1n) is 7.94. The second kappa shape index (κ2) is 6.55. The van der Waals surface area contributed by atoms with Crippen LogP contribution in [0.25, 0.3) is 11.0 Å². The summed E-state index contributed by atoms with van der Waals surface area (Å²) in [5.74, 6) is 0.168. The van der Waals surface area contributed by atoms with Crippen molar-refractivity contribution in [3.05, 3.63) is 28.7 Å². The molecule has 1 aliphatic rings. The molecular weight excluding hydrogens is 296 g/mol. The summed E-state index contributed by atoms with van der Waals surface area (Å²) in [5, 5.41) is 12.2. The van der Waals surface area contributed by atoms with Crippen LogP contribution in [-0.2, 0) is 4.79 Å². The van der Waals surface area contributed by atoms with Crippen LogP contribution in [0.1, 0.15) is 19.8 Å². The van der Waals surface area contributed by atoms with Crippen molar-refractivity contribution < 1.29 is 9.90 Å². The van der Waals surface area contributed by atoms with E-state index in [-0.39, 0.29) is 30.2 Å². The number of fused-ring (bicyclic) bond motifs is 1. The number of aromatic amines is 2. The Morgan fingerprint density at radius 2 is 2.22 bits per heavy atom. The number of rotatable bonds is 4. The van der Waals surface area contributed by atoms with Gasteiger partial charge in [0.05, 0.1) is 17.1 Å². The number of likely N-dealkylation sites (tertiary alicyclic amines) is 1. The fraction of sp³-hybridized carbons (Fsp3) is 0.500. The number of aromatic nitrogens is 2. The lowest BCUT2D eigenvalue weighted by atomic mass is 9.97. The van der Waals surface area contributed by atoms with E-state index in [1.54, 1.807) is 18.2 Å². The number of benzene rings is 1. The third kappa shape index (κ3) is 3.46. The van der Waals surface area contributed by atoms with Crippen molar-refractivity contribution in [2.45, 2.75) is 25.8 Å². The minimum Gasteiger partial charge on any atom is -0.396 e. The van der Waals surface area contributed by atoms with Gasteiger partial charge in [-0.1, -0.05) is 0 Å². The van der Waals surface area contributed by atoms with Crippen molar-refractivity contribution >= 4 is 22.6 Å². The monoisotopic (exact) mass is 318 g/mol. The van der Waals surface area contributed by atoms with Crippen LogP contribution in [-0.4, -0.2) is 51.6 Å². The Balaban J connectivity index is 1.68. The zero-order chi connectivity index (χ0) is 16.4. The Hall–Kier alpha value is -2.12. The molecule has 0 radical (unpaired) electrons. The fourth-order valence-electron chi connectivity index (χ4n) is 3.12. The Bertz CT molecular complexity index is 751. The van der Waals surface area contributed by atoms with Crippen molar-refractivity contribution in [2.24, 2.45) is 5.92 Å². The molecule has 0 bridgehead atoms. The van der Waals surface area contributed by atoms with Gasteiger partial charge in [-0.15, -0.1) is 0 Å². The van der Waals surface area contributed by atoms with E-state index in [1.165, 1.54) is 0 Å². The molecule has 7 nitrogen and oxygen atoms in total. The van der Waals surface area contributed by atoms with E-state index in [0.29, 0.717) is 16.7 Å². The van der Waals surface area contributed by atoms with Gasteiger partial charge in [0.25, 0.3) is 0 Å². The van der Waals surface area contributed by atoms with Crippen LogP contribution in [0.5, 0.6) is 0 Å². The van der Waals surface area contributed by atoms with Gasteiger partial charge in [0, 0.05) is 18.8 Å². The van der Waals surface area contributed by atoms with Gasteiger partial charge in [0.1, 0.15) is 0 Å². The molecule has 0 aliphatic carbocycles. The summed E-state index contributed by atoms with van der Waals surface area (Å²) in [7, 11) is 0. The van der Waals surface area contributed by atoms with Crippen LogP contribution in [0.4, 0.5) is 5.69 Å². The summed E-state index contributed by atoms with van der Waals surface area (Å²) in [6.45, 7) is 3.67. The van der Waals surface area contributed by atoms with Crippen molar-refractivity contribution in [1.82, 2.24) is 14.9 Å². The first-order chi connectivity index (χ1) is 11.1. The molecule has 1 aromatic heterocycles. The Morgan fingerprint density at radius 1 is 1.43 bits per heavy atom. The number of carbonyl (C=O) groups is 1. The highest BCUT2D eigenvalue weighted by atomic mass is 16.3. The molecule has 1 amide bonds. The van der Waals surface area contributed by atoms with Crippen molar-refractivity contribution in [1.29, 1.82) is 0 Å². The predicted octanol–water partition coefficient (Wildman–Crippen LogP) is 0.887. The molecule has 2 heterocycles. The highest BCUT2D eigenvalue weighted by molar-refractivity contribution is 5.96. The van der Waals surface area contributed by atoms with E-state index in [4.69, 9.17) is 0 Å². The quantitative estimate of drug-likeness (QED) is 0.672. The van der Waals surface area contributed by atoms with E-state index in [2.05, 4.69) is 20.2 Å². The fourth-order valence-corrected chi connectivity index (χ4v) is 3.12. The third-order valence-electron chi connectivity index (χ3n) is 4.52. The smallest absolute Gasteiger partial charge is 0.323 e. The van der Waals surface area contributed by atoms with Crippen LogP contribution in [0.2, 0.25) is 0 Å². The molecule has 1 saturated heterocycles. The zero-order valence-corrected chi connectivity index (χ0v) is 13.1. The van der Waals surface area contributed by atoms with Crippen molar-refractivity contribution in [3.8, 4) is 0 Å². The largest absolute Gasteiger partial charge is 0.396 e. The molecule has 3 rings (SSSR count). The third-order valence-corrected chi connectivity index (χ3v) is 4.52. The molecule has 0 spiro atoms. The van der Waals surface area contributed by atoms with Gasteiger partial charge < -0.3 is 20.4 Å². The minimum atomic E-state index is -0.264. The number of nitrogens with zero attached hydrogens (tertiary/aromatic N) is 1. The maximum absolute atomic E-state index is 12.5. The molecule has 1 aliphatic heterocycles. The van der Waals surface area contributed by atoms with E-state index in [1.807, 2.05) is 6.92 Å². The number of aliphatic hydroxyl groups excluding tert-OH is 1. The van der Waals surface area contributed by atoms with E-state index in [9.17, 15) is 14.7 Å². The van der Waals surface area contributed by atoms with Gasteiger partial charge >= 0.3 is 5.69 Å². The first kappa shape index (κ1) is 15.8. The Labute approximate surface area is 133 Å². The molecule has 1 aromatic carbocycles. The van der Waals surface area contributed by atoms with Gasteiger partial charge in [-0.25, -0.2) is 4.79 Å². The van der Waals surface area contributed by atoms with E-state index < -0.39 is 0 Å². The number of hydrogen-bond acceptors (Lipinski definition) is 4. The number of nitrogens with one attached hydrogen (secondary N) is 3. The number of H-pyrrole nitrogens is 2. The summed E-state index contributed by atoms with van der Waals surface area (Å²) in [6, 6.07) is 5.01. The summed E-state index contributed by atoms with van der Waals surface area (Å²) < 4.78 is 0. The number of anilines is 1. The van der Waals surface area contributed by atoms with Crippen LogP contribution < -0.4 is 11.0 Å². The second-order valence-corrected chi connectivity index (χ2v) is 6.19. The maximum atomic E-state index is 12.5. The topological polar surface area (TPSA) is 101 Å². The Morgan fingerprint density at radius 3 is 3.00 bits per heavy atom. The Kier molecular flexibility index (Phi) is 4.49. The molecule has 2 aromatic rings. The van der Waals surface area contributed by atoms with E-state index >= 15 is 0 Å². The molecule has 0 saturated carbocycles. The van der Waals surface area contributed by atoms with Gasteiger partial charge in [-0.05, 0) is 50.4 Å². The van der Waals surface area contributed by atoms with Crippen LogP contribution in [0, 0.1) is 5.92 Å². The van der Waals surface area contributed by atoms with Crippen molar-refractivity contribution in [2.75, 3.05) is 25.0 Å². The number of hydrogen-bond donors (Lipinski definition) is 4.